The molecule has 5 nitrogen and oxygen atoms in total. The van der Waals surface area contributed by atoms with Crippen molar-refractivity contribution in [3.8, 4) is 11.8 Å². The van der Waals surface area contributed by atoms with Crippen molar-refractivity contribution in [1.82, 2.24) is 9.97 Å². The highest BCUT2D eigenvalue weighted by Gasteiger charge is 1.85. The van der Waals surface area contributed by atoms with E-state index in [0.29, 0.717) is 0 Å². The van der Waals surface area contributed by atoms with Gasteiger partial charge in [-0.05, 0) is 36.1 Å². The molecule has 0 bridgehead atoms. The molecular weight excluding hydrogens is 232 g/mol. The normalized spacial score (nSPS) is 8.22. The SMILES string of the molecule is C(#Cc1ccccn1)c1ccccn1.O=C(O)O. The molecule has 0 amide bonds. The van der Waals surface area contributed by atoms with Crippen LogP contribution in [0.1, 0.15) is 11.4 Å². The lowest BCUT2D eigenvalue weighted by molar-refractivity contribution is 0.137. The van der Waals surface area contributed by atoms with Gasteiger partial charge in [-0.2, -0.15) is 0 Å². The fourth-order valence-electron chi connectivity index (χ4n) is 1.00. The number of carboxylic acid groups (broad SMARTS) is 2. The maximum absolute atomic E-state index is 8.56. The quantitative estimate of drug-likeness (QED) is 0.691. The van der Waals surface area contributed by atoms with Crippen LogP contribution in [0.25, 0.3) is 0 Å². The zero-order chi connectivity index (χ0) is 13.2. The zero-order valence-corrected chi connectivity index (χ0v) is 9.32. The molecule has 0 fully saturated rings. The van der Waals surface area contributed by atoms with Gasteiger partial charge in [-0.3, -0.25) is 0 Å². The average Bonchev–Trinajstić information content (AvgIpc) is 2.38. The lowest BCUT2D eigenvalue weighted by Crippen LogP contribution is -1.81. The summed E-state index contributed by atoms with van der Waals surface area (Å²) >= 11 is 0. The van der Waals surface area contributed by atoms with Crippen LogP contribution in [0.3, 0.4) is 0 Å². The smallest absolute Gasteiger partial charge is 0.450 e. The monoisotopic (exact) mass is 242 g/mol. The Morgan fingerprint density at radius 3 is 1.56 bits per heavy atom. The van der Waals surface area contributed by atoms with Gasteiger partial charge >= 0.3 is 6.16 Å². The molecule has 2 rings (SSSR count). The lowest BCUT2D eigenvalue weighted by Gasteiger charge is -1.87. The summed E-state index contributed by atoms with van der Waals surface area (Å²) in [7, 11) is 0. The Bertz CT molecular complexity index is 497. The molecule has 0 saturated heterocycles. The number of aromatic nitrogens is 2. The van der Waals surface area contributed by atoms with Crippen LogP contribution in [0.4, 0.5) is 4.79 Å². The van der Waals surface area contributed by atoms with E-state index < -0.39 is 6.16 Å². The van der Waals surface area contributed by atoms with E-state index in [4.69, 9.17) is 15.0 Å². The highest BCUT2D eigenvalue weighted by molar-refractivity contribution is 5.53. The van der Waals surface area contributed by atoms with E-state index in [9.17, 15) is 0 Å². The first-order valence-corrected chi connectivity index (χ1v) is 4.94. The third-order valence-corrected chi connectivity index (χ3v) is 1.65. The van der Waals surface area contributed by atoms with Crippen LogP contribution in [0.15, 0.2) is 48.8 Å². The van der Waals surface area contributed by atoms with E-state index in [1.165, 1.54) is 0 Å². The molecule has 0 atom stereocenters. The summed E-state index contributed by atoms with van der Waals surface area (Å²) < 4.78 is 0. The van der Waals surface area contributed by atoms with Crippen LogP contribution in [0, 0.1) is 11.8 Å². The number of nitrogens with zero attached hydrogens (tertiary/aromatic N) is 2. The molecule has 2 aromatic heterocycles. The summed E-state index contributed by atoms with van der Waals surface area (Å²) in [5, 5.41) is 13.9. The Labute approximate surface area is 104 Å². The lowest BCUT2D eigenvalue weighted by atomic mass is 10.3. The minimum absolute atomic E-state index is 0.762. The molecule has 0 unspecified atom stereocenters. The molecule has 2 heterocycles. The van der Waals surface area contributed by atoms with Crippen LogP contribution in [-0.2, 0) is 0 Å². The summed E-state index contributed by atoms with van der Waals surface area (Å²) in [4.78, 5) is 16.7. The summed E-state index contributed by atoms with van der Waals surface area (Å²) in [5.74, 6) is 5.87. The number of pyridine rings is 2. The van der Waals surface area contributed by atoms with Crippen LogP contribution >= 0.6 is 0 Å². The predicted molar refractivity (Wildman–Crippen MR) is 65.1 cm³/mol. The molecule has 0 saturated carbocycles. The Morgan fingerprint density at radius 2 is 1.28 bits per heavy atom. The van der Waals surface area contributed by atoms with Crippen molar-refractivity contribution in [2.45, 2.75) is 0 Å². The Hall–Kier alpha value is -2.87. The van der Waals surface area contributed by atoms with E-state index in [-0.39, 0.29) is 0 Å². The summed E-state index contributed by atoms with van der Waals surface area (Å²) in [5.41, 5.74) is 1.52. The van der Waals surface area contributed by atoms with Crippen molar-refractivity contribution in [1.29, 1.82) is 0 Å². The van der Waals surface area contributed by atoms with Crippen LogP contribution in [0.2, 0.25) is 0 Å². The number of hydrogen-bond acceptors (Lipinski definition) is 3. The average molecular weight is 242 g/mol. The van der Waals surface area contributed by atoms with E-state index in [2.05, 4.69) is 21.8 Å². The van der Waals surface area contributed by atoms with Gasteiger partial charge in [0.25, 0.3) is 0 Å². The molecule has 0 spiro atoms. The molecule has 18 heavy (non-hydrogen) atoms. The van der Waals surface area contributed by atoms with Gasteiger partial charge < -0.3 is 10.2 Å². The van der Waals surface area contributed by atoms with Crippen molar-refractivity contribution < 1.29 is 15.0 Å². The maximum atomic E-state index is 8.56. The highest BCUT2D eigenvalue weighted by Crippen LogP contribution is 1.92. The minimum Gasteiger partial charge on any atom is -0.450 e. The molecule has 2 N–H and O–H groups in total. The van der Waals surface area contributed by atoms with E-state index in [0.717, 1.165) is 11.4 Å². The van der Waals surface area contributed by atoms with Crippen molar-refractivity contribution in [2.75, 3.05) is 0 Å². The van der Waals surface area contributed by atoms with Crippen molar-refractivity contribution >= 4 is 6.16 Å². The molecule has 0 aliphatic rings. The third kappa shape index (κ3) is 5.88. The molecule has 0 aliphatic heterocycles. The maximum Gasteiger partial charge on any atom is 0.503 e. The van der Waals surface area contributed by atoms with Gasteiger partial charge in [0.1, 0.15) is 11.4 Å². The first kappa shape index (κ1) is 13.2. The second-order valence-corrected chi connectivity index (χ2v) is 2.96. The van der Waals surface area contributed by atoms with Crippen LogP contribution < -0.4 is 0 Å². The second-order valence-electron chi connectivity index (χ2n) is 2.96. The third-order valence-electron chi connectivity index (χ3n) is 1.65. The van der Waals surface area contributed by atoms with Gasteiger partial charge in [0, 0.05) is 12.4 Å². The first-order chi connectivity index (χ1) is 8.68. The van der Waals surface area contributed by atoms with E-state index >= 15 is 0 Å². The zero-order valence-electron chi connectivity index (χ0n) is 9.32. The first-order valence-electron chi connectivity index (χ1n) is 4.94. The molecule has 0 aliphatic carbocycles. The molecule has 0 aromatic carbocycles. The molecule has 90 valence electrons. The minimum atomic E-state index is -1.83. The van der Waals surface area contributed by atoms with Crippen molar-refractivity contribution in [3.05, 3.63) is 60.2 Å². The second kappa shape index (κ2) is 7.41. The summed E-state index contributed by atoms with van der Waals surface area (Å²) in [6.45, 7) is 0. The number of hydrogen-bond donors (Lipinski definition) is 2. The predicted octanol–water partition coefficient (Wildman–Crippen LogP) is 2.10. The highest BCUT2D eigenvalue weighted by atomic mass is 16.6. The van der Waals surface area contributed by atoms with E-state index in [1.807, 2.05) is 36.4 Å². The van der Waals surface area contributed by atoms with Crippen LogP contribution in [-0.4, -0.2) is 26.3 Å². The van der Waals surface area contributed by atoms with Gasteiger partial charge in [0.2, 0.25) is 0 Å². The molecule has 2 aromatic rings. The largest absolute Gasteiger partial charge is 0.503 e. The van der Waals surface area contributed by atoms with Gasteiger partial charge in [-0.1, -0.05) is 12.1 Å². The van der Waals surface area contributed by atoms with Gasteiger partial charge in [0.15, 0.2) is 0 Å². The topological polar surface area (TPSA) is 83.3 Å². The van der Waals surface area contributed by atoms with Gasteiger partial charge in [-0.25, -0.2) is 14.8 Å². The number of rotatable bonds is 0. The Morgan fingerprint density at radius 1 is 0.889 bits per heavy atom. The standard InChI is InChI=1S/C12H8N2.CH2O3/c1-3-9-13-11(5-1)7-8-12-6-2-4-10-14-12;2-1(3)4/h1-6,9-10H;(H2,2,3,4). The molecular formula is C13H10N2O3. The Kier molecular flexibility index (Phi) is 5.43. The summed E-state index contributed by atoms with van der Waals surface area (Å²) in [6.07, 6.45) is 1.62. The van der Waals surface area contributed by atoms with Gasteiger partial charge in [-0.15, -0.1) is 0 Å². The molecule has 0 radical (unpaired) electrons. The van der Waals surface area contributed by atoms with E-state index in [1.54, 1.807) is 12.4 Å². The fraction of sp³-hybridized carbons (Fsp3) is 0. The Balaban J connectivity index is 0.000000357. The summed E-state index contributed by atoms with van der Waals surface area (Å²) in [6, 6.07) is 11.3. The van der Waals surface area contributed by atoms with Crippen molar-refractivity contribution in [3.63, 3.8) is 0 Å². The van der Waals surface area contributed by atoms with Crippen LogP contribution in [0.5, 0.6) is 0 Å². The van der Waals surface area contributed by atoms with Crippen molar-refractivity contribution in [2.24, 2.45) is 0 Å². The fourth-order valence-corrected chi connectivity index (χ4v) is 1.00. The molecule has 5 heteroatoms. The van der Waals surface area contributed by atoms with Gasteiger partial charge in [0.05, 0.1) is 0 Å². The number of carbonyl (C=O) groups is 1.